The van der Waals surface area contributed by atoms with Crippen LogP contribution in [0.4, 0.5) is 4.39 Å². The standard InChI is InChI=1S/C22H23FN2O4S2/c23-20-9-8-17(14-21(20)31(27,28)25-10-2-1-3-11-25)22(26)24(15-18-6-4-12-29-18)16-19-7-5-13-30-19/h4-9,12-14H,1-3,10-11,15-16H2. The molecule has 1 aliphatic rings. The van der Waals surface area contributed by atoms with Crippen LogP contribution in [0.15, 0.2) is 63.4 Å². The van der Waals surface area contributed by atoms with E-state index in [1.54, 1.807) is 17.0 Å². The van der Waals surface area contributed by atoms with Crippen molar-refractivity contribution in [3.63, 3.8) is 0 Å². The van der Waals surface area contributed by atoms with Crippen molar-refractivity contribution >= 4 is 27.3 Å². The van der Waals surface area contributed by atoms with Gasteiger partial charge in [0.2, 0.25) is 10.0 Å². The molecule has 3 heterocycles. The van der Waals surface area contributed by atoms with Crippen LogP contribution in [-0.2, 0) is 23.1 Å². The molecule has 1 aromatic carbocycles. The fourth-order valence-corrected chi connectivity index (χ4v) is 5.97. The number of carbonyl (C=O) groups excluding carboxylic acids is 1. The highest BCUT2D eigenvalue weighted by atomic mass is 32.2. The van der Waals surface area contributed by atoms with E-state index in [-0.39, 0.29) is 18.0 Å². The fourth-order valence-electron chi connectivity index (χ4n) is 3.64. The average Bonchev–Trinajstić information content (AvgIpc) is 3.48. The van der Waals surface area contributed by atoms with Crippen molar-refractivity contribution in [1.29, 1.82) is 0 Å². The van der Waals surface area contributed by atoms with Crippen LogP contribution >= 0.6 is 11.3 Å². The molecule has 0 spiro atoms. The minimum absolute atomic E-state index is 0.125. The first-order valence-corrected chi connectivity index (χ1v) is 12.4. The Bertz CT molecular complexity index is 1090. The highest BCUT2D eigenvalue weighted by molar-refractivity contribution is 7.89. The minimum Gasteiger partial charge on any atom is -0.467 e. The van der Waals surface area contributed by atoms with Crippen molar-refractivity contribution in [2.75, 3.05) is 13.1 Å². The molecule has 1 amide bonds. The van der Waals surface area contributed by atoms with Crippen molar-refractivity contribution in [1.82, 2.24) is 9.21 Å². The lowest BCUT2D eigenvalue weighted by molar-refractivity contribution is 0.0719. The van der Waals surface area contributed by atoms with Crippen LogP contribution in [0.3, 0.4) is 0 Å². The quantitative estimate of drug-likeness (QED) is 0.518. The number of benzene rings is 1. The Morgan fingerprint density at radius 1 is 1.10 bits per heavy atom. The van der Waals surface area contributed by atoms with Crippen LogP contribution < -0.4 is 0 Å². The molecule has 3 aromatic rings. The Hall–Kier alpha value is -2.49. The first-order chi connectivity index (χ1) is 14.9. The normalized spacial score (nSPS) is 15.1. The predicted molar refractivity (Wildman–Crippen MR) is 116 cm³/mol. The number of halogens is 1. The van der Waals surface area contributed by atoms with Crippen LogP contribution in [-0.4, -0.2) is 36.6 Å². The average molecular weight is 463 g/mol. The van der Waals surface area contributed by atoms with E-state index < -0.39 is 20.7 Å². The maximum Gasteiger partial charge on any atom is 0.254 e. The van der Waals surface area contributed by atoms with Gasteiger partial charge in [0, 0.05) is 23.5 Å². The van der Waals surface area contributed by atoms with E-state index in [0.717, 1.165) is 36.3 Å². The Morgan fingerprint density at radius 3 is 2.58 bits per heavy atom. The molecular formula is C22H23FN2O4S2. The van der Waals surface area contributed by atoms with Gasteiger partial charge in [0.05, 0.1) is 19.4 Å². The zero-order valence-electron chi connectivity index (χ0n) is 16.9. The summed E-state index contributed by atoms with van der Waals surface area (Å²) >= 11 is 1.52. The molecule has 1 saturated heterocycles. The van der Waals surface area contributed by atoms with Crippen LogP contribution in [0.25, 0.3) is 0 Å². The van der Waals surface area contributed by atoms with Gasteiger partial charge in [-0.25, -0.2) is 12.8 Å². The molecule has 1 aliphatic heterocycles. The van der Waals surface area contributed by atoms with Gasteiger partial charge in [0.1, 0.15) is 16.5 Å². The molecular weight excluding hydrogens is 439 g/mol. The first-order valence-electron chi connectivity index (χ1n) is 10.1. The molecule has 0 radical (unpaired) electrons. The van der Waals surface area contributed by atoms with Gasteiger partial charge < -0.3 is 9.32 Å². The Balaban J connectivity index is 1.64. The van der Waals surface area contributed by atoms with E-state index in [1.807, 2.05) is 17.5 Å². The van der Waals surface area contributed by atoms with E-state index in [0.29, 0.717) is 25.4 Å². The SMILES string of the molecule is O=C(c1ccc(F)c(S(=O)(=O)N2CCCCC2)c1)N(Cc1ccco1)Cc1cccs1. The fraction of sp³-hybridized carbons (Fsp3) is 0.318. The van der Waals surface area contributed by atoms with Crippen molar-refractivity contribution in [3.8, 4) is 0 Å². The number of amides is 1. The highest BCUT2D eigenvalue weighted by Gasteiger charge is 2.30. The second-order valence-electron chi connectivity index (χ2n) is 7.43. The molecule has 4 rings (SSSR count). The molecule has 164 valence electrons. The summed E-state index contributed by atoms with van der Waals surface area (Å²) in [6.45, 7) is 1.28. The number of furan rings is 1. The number of rotatable bonds is 7. The monoisotopic (exact) mass is 462 g/mol. The third-order valence-corrected chi connectivity index (χ3v) is 8.03. The van der Waals surface area contributed by atoms with E-state index in [9.17, 15) is 17.6 Å². The van der Waals surface area contributed by atoms with Gasteiger partial charge in [-0.15, -0.1) is 11.3 Å². The highest BCUT2D eigenvalue weighted by Crippen LogP contribution is 2.25. The molecule has 0 unspecified atom stereocenters. The lowest BCUT2D eigenvalue weighted by atomic mass is 10.2. The van der Waals surface area contributed by atoms with E-state index in [2.05, 4.69) is 0 Å². The maximum atomic E-state index is 14.6. The van der Waals surface area contributed by atoms with E-state index in [1.165, 1.54) is 28.0 Å². The summed E-state index contributed by atoms with van der Waals surface area (Å²) in [6, 6.07) is 10.9. The van der Waals surface area contributed by atoms with Crippen molar-refractivity contribution in [3.05, 3.63) is 76.1 Å². The summed E-state index contributed by atoms with van der Waals surface area (Å²) in [4.78, 5) is 15.4. The van der Waals surface area contributed by atoms with Gasteiger partial charge in [-0.3, -0.25) is 4.79 Å². The molecule has 0 aliphatic carbocycles. The summed E-state index contributed by atoms with van der Waals surface area (Å²) in [5, 5.41) is 1.92. The Morgan fingerprint density at radius 2 is 1.90 bits per heavy atom. The Labute approximate surface area is 185 Å². The van der Waals surface area contributed by atoms with Gasteiger partial charge in [0.25, 0.3) is 5.91 Å². The van der Waals surface area contributed by atoms with Crippen LogP contribution in [0.5, 0.6) is 0 Å². The van der Waals surface area contributed by atoms with Crippen LogP contribution in [0.1, 0.15) is 40.3 Å². The predicted octanol–water partition coefficient (Wildman–Crippen LogP) is 4.50. The van der Waals surface area contributed by atoms with Gasteiger partial charge in [-0.2, -0.15) is 4.31 Å². The number of piperidine rings is 1. The molecule has 1 fully saturated rings. The number of hydrogen-bond acceptors (Lipinski definition) is 5. The number of carbonyl (C=O) groups is 1. The van der Waals surface area contributed by atoms with Crippen LogP contribution in [0, 0.1) is 5.82 Å². The largest absolute Gasteiger partial charge is 0.467 e. The zero-order chi connectivity index (χ0) is 21.8. The third kappa shape index (κ3) is 4.89. The molecule has 0 N–H and O–H groups in total. The number of thiophene rings is 1. The van der Waals surface area contributed by atoms with E-state index >= 15 is 0 Å². The second kappa shape index (κ2) is 9.33. The number of sulfonamides is 1. The van der Waals surface area contributed by atoms with Crippen LogP contribution in [0.2, 0.25) is 0 Å². The number of nitrogens with zero attached hydrogens (tertiary/aromatic N) is 2. The Kier molecular flexibility index (Phi) is 6.54. The maximum absolute atomic E-state index is 14.6. The third-order valence-electron chi connectivity index (χ3n) is 5.25. The van der Waals surface area contributed by atoms with E-state index in [4.69, 9.17) is 4.42 Å². The van der Waals surface area contributed by atoms with Gasteiger partial charge >= 0.3 is 0 Å². The lowest BCUT2D eigenvalue weighted by Crippen LogP contribution is -2.36. The molecule has 0 bridgehead atoms. The summed E-state index contributed by atoms with van der Waals surface area (Å²) in [7, 11) is -4.00. The molecule has 2 aromatic heterocycles. The second-order valence-corrected chi connectivity index (χ2v) is 10.4. The van der Waals surface area contributed by atoms with Gasteiger partial charge in [0.15, 0.2) is 0 Å². The smallest absolute Gasteiger partial charge is 0.254 e. The van der Waals surface area contributed by atoms with Crippen molar-refractivity contribution in [2.45, 2.75) is 37.2 Å². The topological polar surface area (TPSA) is 70.8 Å². The summed E-state index contributed by atoms with van der Waals surface area (Å²) in [6.07, 6.45) is 3.98. The van der Waals surface area contributed by atoms with Gasteiger partial charge in [-0.1, -0.05) is 12.5 Å². The molecule has 31 heavy (non-hydrogen) atoms. The first kappa shape index (κ1) is 21.7. The minimum atomic E-state index is -4.00. The molecule has 9 heteroatoms. The lowest BCUT2D eigenvalue weighted by Gasteiger charge is -2.26. The molecule has 0 atom stereocenters. The molecule has 6 nitrogen and oxygen atoms in total. The molecule has 0 saturated carbocycles. The summed E-state index contributed by atoms with van der Waals surface area (Å²) < 4.78 is 47.3. The summed E-state index contributed by atoms with van der Waals surface area (Å²) in [5.41, 5.74) is 0.125. The van der Waals surface area contributed by atoms with Crippen molar-refractivity contribution in [2.24, 2.45) is 0 Å². The van der Waals surface area contributed by atoms with Gasteiger partial charge in [-0.05, 0) is 54.6 Å². The van der Waals surface area contributed by atoms with Crippen molar-refractivity contribution < 1.29 is 22.0 Å². The summed E-state index contributed by atoms with van der Waals surface area (Å²) in [5.74, 6) is -0.633. The zero-order valence-corrected chi connectivity index (χ0v) is 18.5. The number of hydrogen-bond donors (Lipinski definition) is 0.